The highest BCUT2D eigenvalue weighted by Crippen LogP contribution is 2.14. The van der Waals surface area contributed by atoms with Crippen LogP contribution >= 0.6 is 0 Å². The van der Waals surface area contributed by atoms with E-state index in [0.717, 1.165) is 5.56 Å². The Hall–Kier alpha value is -2.89. The van der Waals surface area contributed by atoms with Crippen LogP contribution in [-0.4, -0.2) is 24.1 Å². The number of carbonyl (C=O) groups excluding carboxylic acids is 1. The first-order valence-electron chi connectivity index (χ1n) is 6.61. The lowest BCUT2D eigenvalue weighted by Crippen LogP contribution is -2.02. The number of hydrogen-bond donors (Lipinski definition) is 0. The van der Waals surface area contributed by atoms with Crippen LogP contribution in [0.5, 0.6) is 0 Å². The van der Waals surface area contributed by atoms with Crippen LogP contribution in [0, 0.1) is 10.1 Å². The van der Waals surface area contributed by atoms with Crippen LogP contribution in [0.2, 0.25) is 0 Å². The number of carbonyl (C=O) groups is 1. The predicted octanol–water partition coefficient (Wildman–Crippen LogP) is 3.26. The van der Waals surface area contributed by atoms with E-state index in [4.69, 9.17) is 9.47 Å². The fraction of sp³-hybridized carbons (Fsp3) is 0.188. The van der Waals surface area contributed by atoms with Gasteiger partial charge in [-0.3, -0.25) is 10.1 Å². The quantitative estimate of drug-likeness (QED) is 0.140. The smallest absolute Gasteiger partial charge is 0.334 e. The summed E-state index contributed by atoms with van der Waals surface area (Å²) in [5.74, 6) is -0.188. The molecule has 0 amide bonds. The van der Waals surface area contributed by atoms with E-state index < -0.39 is 10.9 Å². The van der Waals surface area contributed by atoms with Crippen molar-refractivity contribution in [2.75, 3.05) is 13.2 Å². The fourth-order valence-electron chi connectivity index (χ4n) is 1.49. The first kappa shape index (κ1) is 17.2. The molecule has 22 heavy (non-hydrogen) atoms. The van der Waals surface area contributed by atoms with E-state index >= 15 is 0 Å². The van der Waals surface area contributed by atoms with Gasteiger partial charge >= 0.3 is 5.97 Å². The molecule has 0 saturated heterocycles. The maximum Gasteiger partial charge on any atom is 0.334 e. The van der Waals surface area contributed by atoms with Crippen LogP contribution in [0.15, 0.2) is 54.8 Å². The normalized spacial score (nSPS) is 11.2. The number of benzene rings is 1. The highest BCUT2D eigenvalue weighted by atomic mass is 16.6. The molecular formula is C16H17NO5. The summed E-state index contributed by atoms with van der Waals surface area (Å²) >= 11 is 0. The third kappa shape index (κ3) is 6.04. The third-order valence-electron chi connectivity index (χ3n) is 2.46. The zero-order chi connectivity index (χ0) is 16.4. The highest BCUT2D eigenvalue weighted by molar-refractivity contribution is 5.83. The summed E-state index contributed by atoms with van der Waals surface area (Å²) in [6.07, 6.45) is 5.99. The number of non-ortho nitro benzene ring substituents is 1. The second-order valence-electron chi connectivity index (χ2n) is 4.08. The number of nitro benzene ring substituents is 1. The molecule has 116 valence electrons. The van der Waals surface area contributed by atoms with Gasteiger partial charge in [0.1, 0.15) is 12.4 Å². The first-order valence-corrected chi connectivity index (χ1v) is 6.61. The van der Waals surface area contributed by atoms with E-state index in [0.29, 0.717) is 12.4 Å². The van der Waals surface area contributed by atoms with E-state index in [1.807, 2.05) is 0 Å². The Morgan fingerprint density at radius 3 is 2.55 bits per heavy atom. The van der Waals surface area contributed by atoms with Gasteiger partial charge in [-0.05, 0) is 30.7 Å². The Morgan fingerprint density at radius 1 is 1.32 bits per heavy atom. The third-order valence-corrected chi connectivity index (χ3v) is 2.46. The average molecular weight is 303 g/mol. The van der Waals surface area contributed by atoms with Gasteiger partial charge in [-0.1, -0.05) is 18.7 Å². The summed E-state index contributed by atoms with van der Waals surface area (Å²) in [7, 11) is 0. The molecule has 6 heteroatoms. The van der Waals surface area contributed by atoms with Crippen molar-refractivity contribution in [2.24, 2.45) is 0 Å². The van der Waals surface area contributed by atoms with Gasteiger partial charge in [-0.25, -0.2) is 4.79 Å². The lowest BCUT2D eigenvalue weighted by Gasteiger charge is -2.04. The van der Waals surface area contributed by atoms with Crippen molar-refractivity contribution in [1.29, 1.82) is 0 Å². The van der Waals surface area contributed by atoms with Crippen molar-refractivity contribution < 1.29 is 19.2 Å². The molecule has 1 aromatic carbocycles. The Kier molecular flexibility index (Phi) is 7.12. The van der Waals surface area contributed by atoms with Gasteiger partial charge in [0.25, 0.3) is 5.69 Å². The molecule has 0 saturated carbocycles. The number of ether oxygens (including phenoxy) is 2. The SMILES string of the molecule is C=CCOC(=O)/C=C(\C=C\c1ccc([N+](=O)[O-])cc1)OCC. The van der Waals surface area contributed by atoms with Crippen molar-refractivity contribution in [2.45, 2.75) is 6.92 Å². The number of esters is 1. The van der Waals surface area contributed by atoms with Crippen molar-refractivity contribution in [3.8, 4) is 0 Å². The second kappa shape index (κ2) is 9.12. The van der Waals surface area contributed by atoms with Crippen LogP contribution in [-0.2, 0) is 14.3 Å². The number of allylic oxidation sites excluding steroid dienone is 1. The molecule has 0 atom stereocenters. The highest BCUT2D eigenvalue weighted by Gasteiger charge is 2.03. The number of rotatable bonds is 8. The van der Waals surface area contributed by atoms with Gasteiger partial charge in [0.05, 0.1) is 17.6 Å². The molecule has 0 aliphatic heterocycles. The average Bonchev–Trinajstić information content (AvgIpc) is 2.51. The first-order chi connectivity index (χ1) is 10.6. The summed E-state index contributed by atoms with van der Waals surface area (Å²) in [6, 6.07) is 6.02. The molecule has 0 fully saturated rings. The number of nitro groups is 1. The van der Waals surface area contributed by atoms with Gasteiger partial charge in [-0.2, -0.15) is 0 Å². The Morgan fingerprint density at radius 2 is 2.00 bits per heavy atom. The van der Waals surface area contributed by atoms with Gasteiger partial charge < -0.3 is 9.47 Å². The molecule has 0 aliphatic carbocycles. The Bertz CT molecular complexity index is 587. The Labute approximate surface area is 128 Å². The summed E-state index contributed by atoms with van der Waals surface area (Å²) < 4.78 is 10.2. The van der Waals surface area contributed by atoms with Crippen molar-refractivity contribution in [3.05, 3.63) is 70.5 Å². The van der Waals surface area contributed by atoms with Crippen molar-refractivity contribution in [1.82, 2.24) is 0 Å². The minimum Gasteiger partial charge on any atom is -0.494 e. The minimum absolute atomic E-state index is 0.0192. The van der Waals surface area contributed by atoms with E-state index in [1.165, 1.54) is 24.3 Å². The summed E-state index contributed by atoms with van der Waals surface area (Å²) in [4.78, 5) is 21.6. The summed E-state index contributed by atoms with van der Waals surface area (Å²) in [6.45, 7) is 5.77. The zero-order valence-corrected chi connectivity index (χ0v) is 12.2. The molecule has 0 unspecified atom stereocenters. The molecule has 0 spiro atoms. The molecule has 1 aromatic rings. The minimum atomic E-state index is -0.531. The largest absolute Gasteiger partial charge is 0.494 e. The van der Waals surface area contributed by atoms with Gasteiger partial charge in [0.2, 0.25) is 0 Å². The summed E-state index contributed by atoms with van der Waals surface area (Å²) in [5.41, 5.74) is 0.765. The van der Waals surface area contributed by atoms with Crippen LogP contribution < -0.4 is 0 Å². The van der Waals surface area contributed by atoms with Crippen LogP contribution in [0.1, 0.15) is 12.5 Å². The maximum absolute atomic E-state index is 11.5. The van der Waals surface area contributed by atoms with E-state index in [1.54, 1.807) is 31.2 Å². The number of nitrogens with zero attached hydrogens (tertiary/aromatic N) is 1. The molecule has 0 N–H and O–H groups in total. The molecule has 1 rings (SSSR count). The molecule has 0 heterocycles. The molecular weight excluding hydrogens is 286 g/mol. The lowest BCUT2D eigenvalue weighted by molar-refractivity contribution is -0.384. The topological polar surface area (TPSA) is 78.7 Å². The van der Waals surface area contributed by atoms with Crippen molar-refractivity contribution in [3.63, 3.8) is 0 Å². The number of hydrogen-bond acceptors (Lipinski definition) is 5. The standard InChI is InChI=1S/C16H17NO5/c1-3-11-22-16(18)12-15(21-4-2)10-7-13-5-8-14(9-6-13)17(19)20/h3,5-10,12H,1,4,11H2,2H3/b10-7+,15-12+. The monoisotopic (exact) mass is 303 g/mol. The van der Waals surface area contributed by atoms with Gasteiger partial charge in [0, 0.05) is 12.1 Å². The van der Waals surface area contributed by atoms with E-state index in [9.17, 15) is 14.9 Å². The zero-order valence-electron chi connectivity index (χ0n) is 12.2. The van der Waals surface area contributed by atoms with Crippen LogP contribution in [0.25, 0.3) is 6.08 Å². The van der Waals surface area contributed by atoms with Gasteiger partial charge in [-0.15, -0.1) is 0 Å². The van der Waals surface area contributed by atoms with E-state index in [2.05, 4.69) is 6.58 Å². The molecule has 0 radical (unpaired) electrons. The molecule has 0 bridgehead atoms. The second-order valence-corrected chi connectivity index (χ2v) is 4.08. The molecule has 6 nitrogen and oxygen atoms in total. The predicted molar refractivity (Wildman–Crippen MR) is 83.0 cm³/mol. The fourth-order valence-corrected chi connectivity index (χ4v) is 1.49. The van der Waals surface area contributed by atoms with Crippen molar-refractivity contribution >= 4 is 17.7 Å². The maximum atomic E-state index is 11.5. The summed E-state index contributed by atoms with van der Waals surface area (Å²) in [5, 5.41) is 10.6. The lowest BCUT2D eigenvalue weighted by atomic mass is 10.2. The van der Waals surface area contributed by atoms with Gasteiger partial charge in [0.15, 0.2) is 0 Å². The van der Waals surface area contributed by atoms with Crippen LogP contribution in [0.4, 0.5) is 5.69 Å². The van der Waals surface area contributed by atoms with Crippen LogP contribution in [0.3, 0.4) is 0 Å². The molecule has 0 aliphatic rings. The molecule has 0 aromatic heterocycles. The van der Waals surface area contributed by atoms with E-state index in [-0.39, 0.29) is 12.3 Å². The Balaban J connectivity index is 2.80.